The molecule has 0 bridgehead atoms. The van der Waals surface area contributed by atoms with Crippen LogP contribution in [0, 0.1) is 5.92 Å². The van der Waals surface area contributed by atoms with Crippen molar-refractivity contribution < 1.29 is 0 Å². The van der Waals surface area contributed by atoms with Crippen LogP contribution in [0.2, 0.25) is 0 Å². The number of hydrogen-bond donors (Lipinski definition) is 0. The summed E-state index contributed by atoms with van der Waals surface area (Å²) in [7, 11) is 0. The van der Waals surface area contributed by atoms with E-state index < -0.39 is 0 Å². The minimum absolute atomic E-state index is 0.773. The highest BCUT2D eigenvalue weighted by atomic mass is 14.1. The lowest BCUT2D eigenvalue weighted by molar-refractivity contribution is 0.547. The molecule has 9 heavy (non-hydrogen) atoms. The van der Waals surface area contributed by atoms with Gasteiger partial charge in [0.05, 0.1) is 0 Å². The van der Waals surface area contributed by atoms with Gasteiger partial charge < -0.3 is 0 Å². The van der Waals surface area contributed by atoms with Crippen molar-refractivity contribution in [1.29, 1.82) is 0 Å². The van der Waals surface area contributed by atoms with Crippen molar-refractivity contribution in [2.75, 3.05) is 0 Å². The normalized spacial score (nSPS) is 26.8. The topological polar surface area (TPSA) is 0 Å². The third-order valence-electron chi connectivity index (χ3n) is 2.03. The quantitative estimate of drug-likeness (QED) is 0.501. The summed E-state index contributed by atoms with van der Waals surface area (Å²) in [5.41, 5.74) is 1.32. The van der Waals surface area contributed by atoms with Crippen LogP contribution in [0.25, 0.3) is 0 Å². The predicted octanol–water partition coefficient (Wildman–Crippen LogP) is 2.92. The second kappa shape index (κ2) is 2.86. The first-order chi connectivity index (χ1) is 4.34. The van der Waals surface area contributed by atoms with E-state index in [2.05, 4.69) is 25.7 Å². The van der Waals surface area contributed by atoms with Crippen LogP contribution < -0.4 is 0 Å². The van der Waals surface area contributed by atoms with E-state index in [1.807, 2.05) is 0 Å². The van der Waals surface area contributed by atoms with Gasteiger partial charge >= 0.3 is 0 Å². The number of rotatable bonds is 1. The molecular formula is C9H14. The van der Waals surface area contributed by atoms with Crippen LogP contribution in [0.4, 0.5) is 0 Å². The van der Waals surface area contributed by atoms with Gasteiger partial charge in [0.25, 0.3) is 0 Å². The van der Waals surface area contributed by atoms with E-state index >= 15 is 0 Å². The molecule has 0 radical (unpaired) electrons. The SMILES string of the molecule is C=C1C=CCCC1CC. The van der Waals surface area contributed by atoms with E-state index in [1.54, 1.807) is 0 Å². The molecule has 0 spiro atoms. The third-order valence-corrected chi connectivity index (χ3v) is 2.03. The van der Waals surface area contributed by atoms with Gasteiger partial charge in [-0.15, -0.1) is 0 Å². The van der Waals surface area contributed by atoms with Crippen molar-refractivity contribution in [3.8, 4) is 0 Å². The largest absolute Gasteiger partial charge is 0.0956 e. The maximum absolute atomic E-state index is 3.98. The Morgan fingerprint density at radius 3 is 3.00 bits per heavy atom. The first-order valence-electron chi connectivity index (χ1n) is 3.70. The summed E-state index contributed by atoms with van der Waals surface area (Å²) in [6.45, 7) is 6.21. The Bertz CT molecular complexity index is 131. The molecule has 0 aliphatic heterocycles. The van der Waals surface area contributed by atoms with Crippen LogP contribution in [0.1, 0.15) is 26.2 Å². The summed E-state index contributed by atoms with van der Waals surface area (Å²) >= 11 is 0. The zero-order chi connectivity index (χ0) is 6.69. The molecule has 1 aliphatic carbocycles. The molecule has 0 aromatic carbocycles. The lowest BCUT2D eigenvalue weighted by Gasteiger charge is -2.17. The minimum atomic E-state index is 0.773. The fourth-order valence-electron chi connectivity index (χ4n) is 1.32. The van der Waals surface area contributed by atoms with Crippen molar-refractivity contribution in [3.63, 3.8) is 0 Å². The summed E-state index contributed by atoms with van der Waals surface area (Å²) in [4.78, 5) is 0. The van der Waals surface area contributed by atoms with Crippen molar-refractivity contribution in [2.24, 2.45) is 5.92 Å². The molecule has 0 heteroatoms. The molecule has 0 N–H and O–H groups in total. The van der Waals surface area contributed by atoms with Crippen LogP contribution in [0.3, 0.4) is 0 Å². The molecule has 1 unspecified atom stereocenters. The van der Waals surface area contributed by atoms with Crippen molar-refractivity contribution in [1.82, 2.24) is 0 Å². The molecule has 1 rings (SSSR count). The summed E-state index contributed by atoms with van der Waals surface area (Å²) in [6.07, 6.45) is 8.19. The van der Waals surface area contributed by atoms with Crippen molar-refractivity contribution >= 4 is 0 Å². The van der Waals surface area contributed by atoms with Gasteiger partial charge in [-0.25, -0.2) is 0 Å². The predicted molar refractivity (Wildman–Crippen MR) is 41.3 cm³/mol. The van der Waals surface area contributed by atoms with Crippen LogP contribution in [-0.4, -0.2) is 0 Å². The maximum atomic E-state index is 3.98. The summed E-state index contributed by atoms with van der Waals surface area (Å²) in [5, 5.41) is 0. The monoisotopic (exact) mass is 122 g/mol. The third kappa shape index (κ3) is 1.44. The maximum Gasteiger partial charge on any atom is -0.0168 e. The van der Waals surface area contributed by atoms with E-state index in [4.69, 9.17) is 0 Å². The fraction of sp³-hybridized carbons (Fsp3) is 0.556. The smallest absolute Gasteiger partial charge is 0.0168 e. The van der Waals surface area contributed by atoms with Crippen LogP contribution in [0.5, 0.6) is 0 Å². The first kappa shape index (κ1) is 6.60. The fourth-order valence-corrected chi connectivity index (χ4v) is 1.32. The van der Waals surface area contributed by atoms with Gasteiger partial charge in [-0.05, 0) is 25.2 Å². The van der Waals surface area contributed by atoms with Gasteiger partial charge in [-0.2, -0.15) is 0 Å². The van der Waals surface area contributed by atoms with Gasteiger partial charge in [-0.1, -0.05) is 31.2 Å². The summed E-state index contributed by atoms with van der Waals surface area (Å²) in [5.74, 6) is 0.773. The second-order valence-corrected chi connectivity index (χ2v) is 2.66. The molecule has 0 aromatic heterocycles. The average molecular weight is 122 g/mol. The standard InChI is InChI=1S/C9H14/c1-3-9-7-5-4-6-8(9)2/h4,6,9H,2-3,5,7H2,1H3. The van der Waals surface area contributed by atoms with E-state index in [0.717, 1.165) is 5.92 Å². The van der Waals surface area contributed by atoms with E-state index in [0.29, 0.717) is 0 Å². The van der Waals surface area contributed by atoms with E-state index in [9.17, 15) is 0 Å². The van der Waals surface area contributed by atoms with Gasteiger partial charge in [0.1, 0.15) is 0 Å². The Morgan fingerprint density at radius 1 is 1.78 bits per heavy atom. The highest BCUT2D eigenvalue weighted by Crippen LogP contribution is 2.24. The van der Waals surface area contributed by atoms with E-state index in [1.165, 1.54) is 24.8 Å². The average Bonchev–Trinajstić information content (AvgIpc) is 1.89. The lowest BCUT2D eigenvalue weighted by atomic mass is 9.88. The molecule has 0 heterocycles. The van der Waals surface area contributed by atoms with Gasteiger partial charge in [-0.3, -0.25) is 0 Å². The number of allylic oxidation sites excluding steroid dienone is 3. The molecule has 0 nitrogen and oxygen atoms in total. The van der Waals surface area contributed by atoms with Gasteiger partial charge in [0.15, 0.2) is 0 Å². The Balaban J connectivity index is 2.55. The van der Waals surface area contributed by atoms with Gasteiger partial charge in [0, 0.05) is 0 Å². The molecule has 0 fully saturated rings. The molecule has 0 aromatic rings. The van der Waals surface area contributed by atoms with Crippen LogP contribution >= 0.6 is 0 Å². The molecule has 1 atom stereocenters. The Kier molecular flexibility index (Phi) is 2.10. The molecular weight excluding hydrogens is 108 g/mol. The Hall–Kier alpha value is -0.520. The zero-order valence-electron chi connectivity index (χ0n) is 6.06. The molecule has 0 saturated heterocycles. The van der Waals surface area contributed by atoms with Crippen LogP contribution in [0.15, 0.2) is 24.3 Å². The number of hydrogen-bond acceptors (Lipinski definition) is 0. The highest BCUT2D eigenvalue weighted by Gasteiger charge is 2.09. The second-order valence-electron chi connectivity index (χ2n) is 2.66. The highest BCUT2D eigenvalue weighted by molar-refractivity contribution is 5.20. The van der Waals surface area contributed by atoms with Crippen LogP contribution in [-0.2, 0) is 0 Å². The molecule has 0 saturated carbocycles. The molecule has 0 amide bonds. The minimum Gasteiger partial charge on any atom is -0.0956 e. The van der Waals surface area contributed by atoms with Crippen molar-refractivity contribution in [3.05, 3.63) is 24.3 Å². The van der Waals surface area contributed by atoms with E-state index in [-0.39, 0.29) is 0 Å². The van der Waals surface area contributed by atoms with Crippen molar-refractivity contribution in [2.45, 2.75) is 26.2 Å². The Labute approximate surface area is 57.3 Å². The van der Waals surface area contributed by atoms with Gasteiger partial charge in [0.2, 0.25) is 0 Å². The first-order valence-corrected chi connectivity index (χ1v) is 3.70. The molecule has 50 valence electrons. The Morgan fingerprint density at radius 2 is 2.56 bits per heavy atom. The molecule has 1 aliphatic rings. The lowest BCUT2D eigenvalue weighted by Crippen LogP contribution is -2.02. The zero-order valence-corrected chi connectivity index (χ0v) is 6.06. The summed E-state index contributed by atoms with van der Waals surface area (Å²) < 4.78 is 0. The summed E-state index contributed by atoms with van der Waals surface area (Å²) in [6, 6.07) is 0.